The smallest absolute Gasteiger partial charge is 0.272 e. The number of halogens is 1. The summed E-state index contributed by atoms with van der Waals surface area (Å²) in [6, 6.07) is 10.1. The molecule has 2 aromatic rings. The number of benzene rings is 1. The van der Waals surface area contributed by atoms with E-state index in [1.165, 1.54) is 12.1 Å². The van der Waals surface area contributed by atoms with Crippen molar-refractivity contribution in [2.75, 3.05) is 12.3 Å². The maximum Gasteiger partial charge on any atom is 0.272 e. The highest BCUT2D eigenvalue weighted by molar-refractivity contribution is 5.92. The van der Waals surface area contributed by atoms with Gasteiger partial charge in [-0.25, -0.2) is 9.37 Å². The fourth-order valence-electron chi connectivity index (χ4n) is 2.10. The van der Waals surface area contributed by atoms with E-state index in [0.29, 0.717) is 18.8 Å². The highest BCUT2D eigenvalue weighted by atomic mass is 19.1. The minimum atomic E-state index is -0.454. The summed E-state index contributed by atoms with van der Waals surface area (Å²) < 4.78 is 12.9. The van der Waals surface area contributed by atoms with Gasteiger partial charge >= 0.3 is 0 Å². The number of nitrogens with two attached hydrogens (primary N) is 1. The second-order valence-electron chi connectivity index (χ2n) is 4.83. The van der Waals surface area contributed by atoms with Crippen LogP contribution in [0.5, 0.6) is 0 Å². The average molecular weight is 287 g/mol. The zero-order chi connectivity index (χ0) is 15.2. The Morgan fingerprint density at radius 2 is 2.14 bits per heavy atom. The first kappa shape index (κ1) is 15.0. The summed E-state index contributed by atoms with van der Waals surface area (Å²) in [5, 5.41) is 0. The van der Waals surface area contributed by atoms with Crippen molar-refractivity contribution in [3.05, 3.63) is 59.7 Å². The highest BCUT2D eigenvalue weighted by Crippen LogP contribution is 2.12. The van der Waals surface area contributed by atoms with E-state index in [4.69, 9.17) is 5.73 Å². The van der Waals surface area contributed by atoms with Crippen LogP contribution in [0.2, 0.25) is 0 Å². The van der Waals surface area contributed by atoms with Gasteiger partial charge in [0.15, 0.2) is 0 Å². The molecule has 0 saturated heterocycles. The predicted molar refractivity (Wildman–Crippen MR) is 80.1 cm³/mol. The molecular weight excluding hydrogens is 269 g/mol. The second kappa shape index (κ2) is 6.83. The monoisotopic (exact) mass is 287 g/mol. The van der Waals surface area contributed by atoms with Crippen LogP contribution < -0.4 is 5.73 Å². The Hall–Kier alpha value is -2.43. The maximum absolute atomic E-state index is 12.9. The van der Waals surface area contributed by atoms with Crippen molar-refractivity contribution in [3.63, 3.8) is 0 Å². The molecule has 0 unspecified atom stereocenters. The van der Waals surface area contributed by atoms with Gasteiger partial charge < -0.3 is 10.6 Å². The molecule has 0 fully saturated rings. The van der Waals surface area contributed by atoms with Gasteiger partial charge in [-0.1, -0.05) is 19.1 Å². The van der Waals surface area contributed by atoms with E-state index in [2.05, 4.69) is 4.98 Å². The van der Waals surface area contributed by atoms with Crippen LogP contribution >= 0.6 is 0 Å². The Kier molecular flexibility index (Phi) is 4.87. The maximum atomic E-state index is 12.9. The molecule has 0 aliphatic carbocycles. The van der Waals surface area contributed by atoms with Crippen LogP contribution in [0.3, 0.4) is 0 Å². The van der Waals surface area contributed by atoms with E-state index in [0.717, 1.165) is 18.2 Å². The van der Waals surface area contributed by atoms with Crippen molar-refractivity contribution in [2.24, 2.45) is 0 Å². The molecule has 2 rings (SSSR count). The standard InChI is InChI=1S/C16H18FN3O/c1-2-8-20(11-12-4-3-5-14(18)9-12)16(21)15-7-6-13(17)10-19-15/h3-7,9-10H,2,8,11,18H2,1H3. The lowest BCUT2D eigenvalue weighted by Crippen LogP contribution is -2.32. The number of anilines is 1. The molecular formula is C16H18FN3O. The zero-order valence-corrected chi connectivity index (χ0v) is 11.9. The lowest BCUT2D eigenvalue weighted by atomic mass is 10.1. The number of aromatic nitrogens is 1. The van der Waals surface area contributed by atoms with Gasteiger partial charge in [0.2, 0.25) is 0 Å². The SMILES string of the molecule is CCCN(Cc1cccc(N)c1)C(=O)c1ccc(F)cn1. The molecule has 0 aliphatic heterocycles. The van der Waals surface area contributed by atoms with Crippen molar-refractivity contribution >= 4 is 11.6 Å². The quantitative estimate of drug-likeness (QED) is 0.860. The molecule has 1 amide bonds. The largest absolute Gasteiger partial charge is 0.399 e. The van der Waals surface area contributed by atoms with Crippen LogP contribution in [-0.4, -0.2) is 22.3 Å². The molecule has 5 heteroatoms. The molecule has 0 atom stereocenters. The molecule has 1 aromatic carbocycles. The molecule has 4 nitrogen and oxygen atoms in total. The minimum absolute atomic E-state index is 0.209. The number of hydrogen-bond acceptors (Lipinski definition) is 3. The zero-order valence-electron chi connectivity index (χ0n) is 11.9. The summed E-state index contributed by atoms with van der Waals surface area (Å²) in [4.78, 5) is 18.0. The highest BCUT2D eigenvalue weighted by Gasteiger charge is 2.16. The van der Waals surface area contributed by atoms with Crippen LogP contribution in [0.15, 0.2) is 42.6 Å². The van der Waals surface area contributed by atoms with E-state index < -0.39 is 5.82 Å². The first-order chi connectivity index (χ1) is 10.1. The van der Waals surface area contributed by atoms with E-state index in [1.807, 2.05) is 25.1 Å². The molecule has 110 valence electrons. The summed E-state index contributed by atoms with van der Waals surface area (Å²) in [6.45, 7) is 3.06. The number of pyridine rings is 1. The molecule has 0 spiro atoms. The van der Waals surface area contributed by atoms with Crippen LogP contribution in [-0.2, 0) is 6.54 Å². The minimum Gasteiger partial charge on any atom is -0.399 e. The Morgan fingerprint density at radius 1 is 1.33 bits per heavy atom. The molecule has 1 heterocycles. The van der Waals surface area contributed by atoms with Gasteiger partial charge in [-0.05, 0) is 36.2 Å². The van der Waals surface area contributed by atoms with E-state index in [1.54, 1.807) is 11.0 Å². The molecule has 0 radical (unpaired) electrons. The fraction of sp³-hybridized carbons (Fsp3) is 0.250. The van der Waals surface area contributed by atoms with E-state index in [-0.39, 0.29) is 11.6 Å². The van der Waals surface area contributed by atoms with Gasteiger partial charge in [0, 0.05) is 18.8 Å². The van der Waals surface area contributed by atoms with Crippen molar-refractivity contribution in [3.8, 4) is 0 Å². The third kappa shape index (κ3) is 4.02. The number of carbonyl (C=O) groups excluding carboxylic acids is 1. The van der Waals surface area contributed by atoms with Gasteiger partial charge in [0.05, 0.1) is 6.20 Å². The molecule has 0 aliphatic rings. The van der Waals surface area contributed by atoms with Gasteiger partial charge in [0.25, 0.3) is 5.91 Å². The van der Waals surface area contributed by atoms with Crippen molar-refractivity contribution < 1.29 is 9.18 Å². The Balaban J connectivity index is 2.18. The van der Waals surface area contributed by atoms with E-state index >= 15 is 0 Å². The van der Waals surface area contributed by atoms with Crippen LogP contribution in [0.25, 0.3) is 0 Å². The normalized spacial score (nSPS) is 10.4. The number of nitrogens with zero attached hydrogens (tertiary/aromatic N) is 2. The lowest BCUT2D eigenvalue weighted by molar-refractivity contribution is 0.0737. The third-order valence-electron chi connectivity index (χ3n) is 3.05. The number of rotatable bonds is 5. The fourth-order valence-corrected chi connectivity index (χ4v) is 2.10. The molecule has 0 saturated carbocycles. The van der Waals surface area contributed by atoms with Gasteiger partial charge in [-0.15, -0.1) is 0 Å². The molecule has 2 N–H and O–H groups in total. The van der Waals surface area contributed by atoms with Crippen LogP contribution in [0.1, 0.15) is 29.4 Å². The first-order valence-electron chi connectivity index (χ1n) is 6.85. The van der Waals surface area contributed by atoms with Crippen molar-refractivity contribution in [2.45, 2.75) is 19.9 Å². The Bertz CT molecular complexity index is 613. The second-order valence-corrected chi connectivity index (χ2v) is 4.83. The summed E-state index contributed by atoms with van der Waals surface area (Å²) >= 11 is 0. The number of nitrogen functional groups attached to an aromatic ring is 1. The third-order valence-corrected chi connectivity index (χ3v) is 3.05. The first-order valence-corrected chi connectivity index (χ1v) is 6.85. The molecule has 1 aromatic heterocycles. The van der Waals surface area contributed by atoms with E-state index in [9.17, 15) is 9.18 Å². The van der Waals surface area contributed by atoms with Gasteiger partial charge in [-0.2, -0.15) is 0 Å². The average Bonchev–Trinajstić information content (AvgIpc) is 2.47. The lowest BCUT2D eigenvalue weighted by Gasteiger charge is -2.22. The molecule has 0 bridgehead atoms. The summed E-state index contributed by atoms with van der Waals surface area (Å²) in [5.41, 5.74) is 7.62. The van der Waals surface area contributed by atoms with Crippen LogP contribution in [0, 0.1) is 5.82 Å². The topological polar surface area (TPSA) is 59.2 Å². The summed E-state index contributed by atoms with van der Waals surface area (Å²) in [7, 11) is 0. The van der Waals surface area contributed by atoms with Crippen LogP contribution in [0.4, 0.5) is 10.1 Å². The Morgan fingerprint density at radius 3 is 2.76 bits per heavy atom. The van der Waals surface area contributed by atoms with Crippen molar-refractivity contribution in [1.29, 1.82) is 0 Å². The van der Waals surface area contributed by atoms with Gasteiger partial charge in [-0.3, -0.25) is 4.79 Å². The predicted octanol–water partition coefficient (Wildman–Crippen LogP) is 2.86. The molecule has 21 heavy (non-hydrogen) atoms. The number of hydrogen-bond donors (Lipinski definition) is 1. The number of carbonyl (C=O) groups is 1. The Labute approximate surface area is 123 Å². The summed E-state index contributed by atoms with van der Waals surface area (Å²) in [5.74, 6) is -0.663. The summed E-state index contributed by atoms with van der Waals surface area (Å²) in [6.07, 6.45) is 1.88. The number of amides is 1. The van der Waals surface area contributed by atoms with Crippen molar-refractivity contribution in [1.82, 2.24) is 9.88 Å². The van der Waals surface area contributed by atoms with Gasteiger partial charge in [0.1, 0.15) is 11.5 Å².